The van der Waals surface area contributed by atoms with Gasteiger partial charge in [-0.1, -0.05) is 44.2 Å². The molecule has 0 fully saturated rings. The van der Waals surface area contributed by atoms with Crippen LogP contribution in [0.3, 0.4) is 0 Å². The number of hydrogen-bond acceptors (Lipinski definition) is 1. The number of carbonyl (C=O) groups is 1. The highest BCUT2D eigenvalue weighted by Gasteiger charge is 1.79. The second-order valence-electron chi connectivity index (χ2n) is 1.44. The fourth-order valence-electron chi connectivity index (χ4n) is 0.481. The summed E-state index contributed by atoms with van der Waals surface area (Å²) in [4.78, 5) is 10.1. The van der Waals surface area contributed by atoms with Crippen LogP contribution in [0.1, 0.15) is 25.6 Å². The third-order valence-electron chi connectivity index (χ3n) is 0.860. The number of benzene rings is 1. The van der Waals surface area contributed by atoms with E-state index in [-0.39, 0.29) is 6.04 Å². The molecule has 1 nitrogen and oxygen atoms in total. The molecule has 1 aromatic carbocycles. The maximum absolute atomic E-state index is 10.1. The van der Waals surface area contributed by atoms with Crippen molar-refractivity contribution in [2.75, 3.05) is 0 Å². The molecule has 0 saturated carbocycles. The third kappa shape index (κ3) is 3.02. The minimum Gasteiger partial charge on any atom is -0.298 e. The summed E-state index contributed by atoms with van der Waals surface area (Å²) in [6.07, 6.45) is 0.683. The summed E-state index contributed by atoms with van der Waals surface area (Å²) in [6, 6.07) is 6.96. The summed E-state index contributed by atoms with van der Waals surface area (Å²) in [6.45, 7) is 4.00. The van der Waals surface area contributed by atoms with Gasteiger partial charge in [0.05, 0.1) is 1.37 Å². The first-order valence-corrected chi connectivity index (χ1v) is 3.35. The maximum atomic E-state index is 10.1. The molecule has 1 aromatic rings. The molecule has 0 aliphatic rings. The highest BCUT2D eigenvalue weighted by Crippen LogP contribution is 1.91. The molecule has 1 rings (SSSR count). The van der Waals surface area contributed by atoms with Crippen LogP contribution in [0.5, 0.6) is 0 Å². The van der Waals surface area contributed by atoms with Gasteiger partial charge in [0.25, 0.3) is 0 Å². The Bertz CT molecular complexity index is 221. The van der Waals surface area contributed by atoms with Gasteiger partial charge in [-0.15, -0.1) is 0 Å². The number of hydrogen-bond donors (Lipinski definition) is 0. The van der Waals surface area contributed by atoms with Gasteiger partial charge in [0.2, 0.25) is 0 Å². The molecule has 0 heterocycles. The summed E-state index contributed by atoms with van der Waals surface area (Å²) in [7, 11) is 0. The van der Waals surface area contributed by atoms with E-state index in [0.29, 0.717) is 11.8 Å². The minimum absolute atomic E-state index is 0.285. The molecule has 0 aliphatic heterocycles. The molecule has 0 spiro atoms. The average molecular weight is 137 g/mol. The monoisotopic (exact) mass is 137 g/mol. The van der Waals surface area contributed by atoms with Gasteiger partial charge in [0, 0.05) is 5.56 Å². The van der Waals surface area contributed by atoms with Gasteiger partial charge in [-0.2, -0.15) is 0 Å². The van der Waals surface area contributed by atoms with Crippen LogP contribution in [0.4, 0.5) is 0 Å². The Morgan fingerprint density at radius 1 is 1.40 bits per heavy atom. The van der Waals surface area contributed by atoms with Crippen LogP contribution in [0, 0.1) is 0 Å². The fraction of sp³-hybridized carbons (Fsp3) is 0.222. The lowest BCUT2D eigenvalue weighted by Crippen LogP contribution is -1.73. The van der Waals surface area contributed by atoms with E-state index in [0.717, 1.165) is 0 Å². The number of carbonyl (C=O) groups excluding carboxylic acids is 1. The molecule has 0 saturated heterocycles. The molecule has 10 heavy (non-hydrogen) atoms. The van der Waals surface area contributed by atoms with E-state index >= 15 is 0 Å². The van der Waals surface area contributed by atoms with Crippen LogP contribution >= 0.6 is 0 Å². The maximum Gasteiger partial charge on any atom is 0.150 e. The van der Waals surface area contributed by atoms with E-state index in [2.05, 4.69) is 0 Å². The highest BCUT2D eigenvalue weighted by molar-refractivity contribution is 5.74. The van der Waals surface area contributed by atoms with Crippen molar-refractivity contribution in [2.24, 2.45) is 0 Å². The first kappa shape index (κ1) is 7.00. The Morgan fingerprint density at radius 2 is 2.10 bits per heavy atom. The lowest BCUT2D eigenvalue weighted by atomic mass is 10.2. The second-order valence-corrected chi connectivity index (χ2v) is 1.44. The largest absolute Gasteiger partial charge is 0.298 e. The van der Waals surface area contributed by atoms with E-state index in [4.69, 9.17) is 1.37 Å². The van der Waals surface area contributed by atoms with Crippen LogP contribution in [-0.2, 0) is 0 Å². The standard InChI is InChI=1S/C7H6O.C2H6/c8-6-7-4-2-1-3-5-7;1-2/h1-6H;1-2H3/i4D;. The van der Waals surface area contributed by atoms with Gasteiger partial charge in [0.1, 0.15) is 6.29 Å². The molecule has 0 unspecified atom stereocenters. The zero-order chi connectivity index (χ0) is 8.69. The van der Waals surface area contributed by atoms with Crippen LogP contribution < -0.4 is 0 Å². The Hall–Kier alpha value is -1.11. The molecule has 1 heteroatoms. The normalized spacial score (nSPS) is 8.80. The van der Waals surface area contributed by atoms with Crippen molar-refractivity contribution in [3.8, 4) is 0 Å². The van der Waals surface area contributed by atoms with E-state index in [1.165, 1.54) is 0 Å². The van der Waals surface area contributed by atoms with Gasteiger partial charge >= 0.3 is 0 Å². The first-order chi connectivity index (χ1) is 5.34. The highest BCUT2D eigenvalue weighted by atomic mass is 16.1. The van der Waals surface area contributed by atoms with Crippen LogP contribution in [0.15, 0.2) is 30.3 Å². The number of rotatable bonds is 1. The quantitative estimate of drug-likeness (QED) is 0.543. The van der Waals surface area contributed by atoms with E-state index in [9.17, 15) is 4.79 Å². The molecule has 0 aliphatic carbocycles. The molecule has 54 valence electrons. The van der Waals surface area contributed by atoms with Gasteiger partial charge in [0.15, 0.2) is 0 Å². The summed E-state index contributed by atoms with van der Waals surface area (Å²) in [5.41, 5.74) is 0.442. The SMILES string of the molecule is CC.[2H]c1ccccc1C=O. The van der Waals surface area contributed by atoms with Gasteiger partial charge in [-0.05, 0) is 0 Å². The molecule has 0 bridgehead atoms. The molecule has 0 atom stereocenters. The lowest BCUT2D eigenvalue weighted by molar-refractivity contribution is 0.112. The predicted octanol–water partition coefficient (Wildman–Crippen LogP) is 2.53. The predicted molar refractivity (Wildman–Crippen MR) is 43.2 cm³/mol. The minimum atomic E-state index is 0.285. The summed E-state index contributed by atoms with van der Waals surface area (Å²) >= 11 is 0. The van der Waals surface area contributed by atoms with Crippen LogP contribution in [0.2, 0.25) is 0 Å². The Balaban J connectivity index is 0.000000461. The van der Waals surface area contributed by atoms with Crippen molar-refractivity contribution in [1.29, 1.82) is 0 Å². The second kappa shape index (κ2) is 6.02. The zero-order valence-electron chi connectivity index (χ0n) is 7.29. The molecule has 0 aromatic heterocycles. The van der Waals surface area contributed by atoms with Crippen molar-refractivity contribution in [3.63, 3.8) is 0 Å². The van der Waals surface area contributed by atoms with Crippen LogP contribution in [0.25, 0.3) is 0 Å². The van der Waals surface area contributed by atoms with Gasteiger partial charge < -0.3 is 0 Å². The average Bonchev–Trinajstić information content (AvgIpc) is 2.09. The molecular weight excluding hydrogens is 124 g/mol. The molecule has 0 amide bonds. The van der Waals surface area contributed by atoms with E-state index in [1.54, 1.807) is 24.3 Å². The van der Waals surface area contributed by atoms with Gasteiger partial charge in [-0.25, -0.2) is 0 Å². The van der Waals surface area contributed by atoms with Crippen molar-refractivity contribution in [2.45, 2.75) is 13.8 Å². The van der Waals surface area contributed by atoms with Crippen LogP contribution in [-0.4, -0.2) is 6.29 Å². The molecule has 0 N–H and O–H groups in total. The van der Waals surface area contributed by atoms with Crippen molar-refractivity contribution in [3.05, 3.63) is 35.9 Å². The van der Waals surface area contributed by atoms with Crippen molar-refractivity contribution >= 4 is 6.29 Å². The topological polar surface area (TPSA) is 17.1 Å². The first-order valence-electron chi connectivity index (χ1n) is 3.85. The number of aldehydes is 1. The fourth-order valence-corrected chi connectivity index (χ4v) is 0.481. The van der Waals surface area contributed by atoms with Crippen molar-refractivity contribution < 1.29 is 6.17 Å². The zero-order valence-corrected chi connectivity index (χ0v) is 6.29. The molecular formula is C9H12O. The lowest BCUT2D eigenvalue weighted by Gasteiger charge is -1.81. The Labute approximate surface area is 63.1 Å². The third-order valence-corrected chi connectivity index (χ3v) is 0.860. The smallest absolute Gasteiger partial charge is 0.150 e. The van der Waals surface area contributed by atoms with Gasteiger partial charge in [-0.3, -0.25) is 4.79 Å². The van der Waals surface area contributed by atoms with E-state index < -0.39 is 0 Å². The Morgan fingerprint density at radius 3 is 2.50 bits per heavy atom. The summed E-state index contributed by atoms with van der Waals surface area (Å²) in [5.74, 6) is 0. The summed E-state index contributed by atoms with van der Waals surface area (Å²) < 4.78 is 7.14. The summed E-state index contributed by atoms with van der Waals surface area (Å²) in [5, 5.41) is 0. The van der Waals surface area contributed by atoms with Crippen molar-refractivity contribution in [1.82, 2.24) is 0 Å². The van der Waals surface area contributed by atoms with E-state index in [1.807, 2.05) is 13.8 Å². The Kier molecular flexibility index (Phi) is 4.21. The molecule has 0 radical (unpaired) electrons.